The molecule has 1 atom stereocenters. The molecule has 0 aliphatic carbocycles. The van der Waals surface area contributed by atoms with Gasteiger partial charge in [-0.05, 0) is 26.1 Å². The maximum absolute atomic E-state index is 12.9. The first-order valence-electron chi connectivity index (χ1n) is 11.1. The summed E-state index contributed by atoms with van der Waals surface area (Å²) < 4.78 is 0. The van der Waals surface area contributed by atoms with Gasteiger partial charge >= 0.3 is 11.8 Å². The lowest BCUT2D eigenvalue weighted by Crippen LogP contribution is -2.48. The Morgan fingerprint density at radius 1 is 1.26 bits per heavy atom. The van der Waals surface area contributed by atoms with Gasteiger partial charge in [0.15, 0.2) is 5.01 Å². The van der Waals surface area contributed by atoms with E-state index in [-0.39, 0.29) is 24.7 Å². The fraction of sp³-hybridized carbons (Fsp3) is 0.455. The van der Waals surface area contributed by atoms with Gasteiger partial charge < -0.3 is 25.8 Å². The van der Waals surface area contributed by atoms with Crippen LogP contribution in [0.4, 0.5) is 5.82 Å². The van der Waals surface area contributed by atoms with Gasteiger partial charge in [0, 0.05) is 57.1 Å². The van der Waals surface area contributed by atoms with E-state index in [1.54, 1.807) is 7.05 Å². The van der Waals surface area contributed by atoms with Gasteiger partial charge in [0.25, 0.3) is 5.91 Å². The predicted molar refractivity (Wildman–Crippen MR) is 132 cm³/mol. The fourth-order valence-corrected chi connectivity index (χ4v) is 4.51. The van der Waals surface area contributed by atoms with Crippen LogP contribution in [0.15, 0.2) is 18.3 Å². The number of likely N-dealkylation sites (N-methyl/N-ethyl adjacent to an activating group) is 1. The molecule has 1 unspecified atom stereocenters. The highest BCUT2D eigenvalue weighted by atomic mass is 35.5. The molecule has 4 amide bonds. The first-order chi connectivity index (χ1) is 16.7. The van der Waals surface area contributed by atoms with Crippen molar-refractivity contribution in [1.29, 1.82) is 0 Å². The average molecular weight is 522 g/mol. The lowest BCUT2D eigenvalue weighted by molar-refractivity contribution is -0.136. The van der Waals surface area contributed by atoms with E-state index in [4.69, 9.17) is 11.6 Å². The maximum atomic E-state index is 12.9. The molecule has 2 aromatic rings. The highest BCUT2D eigenvalue weighted by molar-refractivity contribution is 7.13. The molecule has 3 rings (SSSR count). The Kier molecular flexibility index (Phi) is 9.13. The summed E-state index contributed by atoms with van der Waals surface area (Å²) >= 11 is 7.09. The number of nitrogens with zero attached hydrogens (tertiary/aromatic N) is 4. The first-order valence-corrected chi connectivity index (χ1v) is 12.3. The number of nitrogens with one attached hydrogen (secondary N) is 3. The summed E-state index contributed by atoms with van der Waals surface area (Å²) in [7, 11) is 3.66. The second-order valence-electron chi connectivity index (χ2n) is 8.18. The van der Waals surface area contributed by atoms with E-state index in [0.29, 0.717) is 16.6 Å². The Hall–Kier alpha value is -3.09. The summed E-state index contributed by atoms with van der Waals surface area (Å²) in [5.41, 5.74) is 0.914. The van der Waals surface area contributed by atoms with Crippen LogP contribution < -0.4 is 16.0 Å². The molecule has 35 heavy (non-hydrogen) atoms. The van der Waals surface area contributed by atoms with Crippen LogP contribution in [0.1, 0.15) is 33.7 Å². The molecule has 1 aliphatic rings. The smallest absolute Gasteiger partial charge is 0.314 e. The van der Waals surface area contributed by atoms with Crippen LogP contribution in [-0.4, -0.2) is 83.2 Å². The maximum Gasteiger partial charge on any atom is 0.314 e. The molecule has 11 nitrogen and oxygen atoms in total. The third-order valence-electron chi connectivity index (χ3n) is 5.46. The zero-order valence-corrected chi connectivity index (χ0v) is 21.3. The third-order valence-corrected chi connectivity index (χ3v) is 6.76. The van der Waals surface area contributed by atoms with Gasteiger partial charge in [-0.1, -0.05) is 11.6 Å². The summed E-state index contributed by atoms with van der Waals surface area (Å²) in [4.78, 5) is 63.0. The zero-order chi connectivity index (χ0) is 25.5. The van der Waals surface area contributed by atoms with Gasteiger partial charge in [0.2, 0.25) is 5.91 Å². The molecule has 3 N–H and O–H groups in total. The summed E-state index contributed by atoms with van der Waals surface area (Å²) in [6, 6.07) is 2.25. The Bertz CT molecular complexity index is 1090. The molecule has 1 aliphatic heterocycles. The van der Waals surface area contributed by atoms with Crippen LogP contribution in [0.2, 0.25) is 5.02 Å². The number of carbonyl (C=O) groups excluding carboxylic acids is 4. The normalized spacial score (nSPS) is 13.9. The van der Waals surface area contributed by atoms with Crippen molar-refractivity contribution in [3.63, 3.8) is 0 Å². The number of aromatic nitrogens is 2. The molecule has 13 heteroatoms. The van der Waals surface area contributed by atoms with E-state index >= 15 is 0 Å². The van der Waals surface area contributed by atoms with Crippen molar-refractivity contribution in [2.75, 3.05) is 39.0 Å². The number of amides is 4. The minimum absolute atomic E-state index is 0.0510. The Morgan fingerprint density at radius 2 is 2.03 bits per heavy atom. The van der Waals surface area contributed by atoms with Crippen LogP contribution in [0.3, 0.4) is 0 Å². The van der Waals surface area contributed by atoms with E-state index in [1.807, 2.05) is 14.0 Å². The van der Waals surface area contributed by atoms with Crippen LogP contribution in [0.5, 0.6) is 0 Å². The molecule has 0 radical (unpaired) electrons. The second-order valence-corrected chi connectivity index (χ2v) is 9.70. The lowest BCUT2D eigenvalue weighted by atomic mass is 10.1. The SMILES string of the molecule is CCN(C)C(=O)CC(CNC(=O)C(=O)Nc1ccc(Cl)cn1)NC(=O)c1nc2c(s1)CN(C)CC2. The van der Waals surface area contributed by atoms with Crippen LogP contribution in [0, 0.1) is 0 Å². The van der Waals surface area contributed by atoms with Crippen molar-refractivity contribution in [2.24, 2.45) is 0 Å². The molecule has 0 fully saturated rings. The molecule has 3 heterocycles. The number of pyridine rings is 1. The van der Waals surface area contributed by atoms with Gasteiger partial charge in [-0.3, -0.25) is 19.2 Å². The van der Waals surface area contributed by atoms with Crippen molar-refractivity contribution in [2.45, 2.75) is 32.4 Å². The monoisotopic (exact) mass is 521 g/mol. The van der Waals surface area contributed by atoms with Gasteiger partial charge in [-0.15, -0.1) is 11.3 Å². The molecule has 0 spiro atoms. The number of thiazole rings is 1. The highest BCUT2D eigenvalue weighted by Crippen LogP contribution is 2.24. The van der Waals surface area contributed by atoms with Crippen LogP contribution in [0.25, 0.3) is 0 Å². The Morgan fingerprint density at radius 3 is 2.71 bits per heavy atom. The number of halogens is 1. The number of anilines is 1. The summed E-state index contributed by atoms with van der Waals surface area (Å²) in [5.74, 6) is -2.32. The van der Waals surface area contributed by atoms with Crippen molar-refractivity contribution < 1.29 is 19.2 Å². The molecular formula is C22H28ClN7O4S. The van der Waals surface area contributed by atoms with Gasteiger partial charge in [0.1, 0.15) is 5.82 Å². The predicted octanol–water partition coefficient (Wildman–Crippen LogP) is 0.901. The fourth-order valence-electron chi connectivity index (χ4n) is 3.30. The molecule has 0 bridgehead atoms. The average Bonchev–Trinajstić information content (AvgIpc) is 3.26. The highest BCUT2D eigenvalue weighted by Gasteiger charge is 2.25. The second kappa shape index (κ2) is 12.0. The minimum Gasteiger partial charge on any atom is -0.346 e. The summed E-state index contributed by atoms with van der Waals surface area (Å²) in [6.45, 7) is 3.81. The van der Waals surface area contributed by atoms with Gasteiger partial charge in [0.05, 0.1) is 16.8 Å². The van der Waals surface area contributed by atoms with Crippen molar-refractivity contribution in [3.05, 3.63) is 38.9 Å². The van der Waals surface area contributed by atoms with Crippen molar-refractivity contribution in [3.8, 4) is 0 Å². The minimum atomic E-state index is -0.932. The molecule has 0 saturated heterocycles. The number of rotatable bonds is 8. The zero-order valence-electron chi connectivity index (χ0n) is 19.8. The topological polar surface area (TPSA) is 137 Å². The van der Waals surface area contributed by atoms with Crippen molar-refractivity contribution >= 4 is 52.4 Å². The number of fused-ring (bicyclic) bond motifs is 1. The number of hydrogen-bond acceptors (Lipinski definition) is 8. The molecule has 2 aromatic heterocycles. The quantitative estimate of drug-likeness (QED) is 0.439. The largest absolute Gasteiger partial charge is 0.346 e. The van der Waals surface area contributed by atoms with Crippen molar-refractivity contribution in [1.82, 2.24) is 30.4 Å². The third kappa shape index (κ3) is 7.44. The Labute approximate surface area is 212 Å². The number of carbonyl (C=O) groups is 4. The van der Waals surface area contributed by atoms with Crippen LogP contribution in [-0.2, 0) is 27.3 Å². The van der Waals surface area contributed by atoms with Gasteiger partial charge in [-0.25, -0.2) is 9.97 Å². The molecule has 0 saturated carbocycles. The summed E-state index contributed by atoms with van der Waals surface area (Å²) in [5, 5.41) is 8.32. The lowest BCUT2D eigenvalue weighted by Gasteiger charge is -2.21. The van der Waals surface area contributed by atoms with E-state index in [9.17, 15) is 19.2 Å². The van der Waals surface area contributed by atoms with E-state index in [0.717, 1.165) is 30.1 Å². The Balaban J connectivity index is 1.63. The molecule has 188 valence electrons. The van der Waals surface area contributed by atoms with Crippen LogP contribution >= 0.6 is 22.9 Å². The van der Waals surface area contributed by atoms with E-state index in [1.165, 1.54) is 34.6 Å². The molecular weight excluding hydrogens is 494 g/mol. The number of hydrogen-bond donors (Lipinski definition) is 3. The first kappa shape index (κ1) is 26.5. The molecule has 0 aromatic carbocycles. The van der Waals surface area contributed by atoms with E-state index < -0.39 is 23.8 Å². The standard InChI is InChI=1S/C22H28ClN7O4S/c1-4-30(3)18(31)9-14(11-25-19(32)20(33)28-17-6-5-13(23)10-24-17)26-21(34)22-27-15-7-8-29(2)12-16(15)35-22/h5-6,10,14H,4,7-9,11-12H2,1-3H3,(H,25,32)(H,26,34)(H,24,28,33). The van der Waals surface area contributed by atoms with E-state index in [2.05, 4.69) is 30.8 Å². The summed E-state index contributed by atoms with van der Waals surface area (Å²) in [6.07, 6.45) is 2.06. The van der Waals surface area contributed by atoms with Gasteiger partial charge in [-0.2, -0.15) is 0 Å².